The van der Waals surface area contributed by atoms with Gasteiger partial charge in [0.05, 0.1) is 0 Å². The Labute approximate surface area is 98.5 Å². The molecule has 0 spiro atoms. The van der Waals surface area contributed by atoms with Gasteiger partial charge >= 0.3 is 0 Å². The van der Waals surface area contributed by atoms with E-state index in [0.717, 1.165) is 30.3 Å². The molecule has 0 aliphatic heterocycles. The number of benzene rings is 1. The lowest BCUT2D eigenvalue weighted by Crippen LogP contribution is -2.02. The third-order valence-corrected chi connectivity index (χ3v) is 3.09. The van der Waals surface area contributed by atoms with Crippen LogP contribution in [0.3, 0.4) is 0 Å². The highest BCUT2D eigenvalue weighted by Crippen LogP contribution is 2.27. The van der Waals surface area contributed by atoms with Gasteiger partial charge in [-0.15, -0.1) is 0 Å². The molecule has 16 heavy (non-hydrogen) atoms. The zero-order valence-electron chi connectivity index (χ0n) is 9.04. The highest BCUT2D eigenvalue weighted by molar-refractivity contribution is 8.03. The molecule has 1 unspecified atom stereocenters. The van der Waals surface area contributed by atoms with Gasteiger partial charge in [-0.25, -0.2) is 8.78 Å². The summed E-state index contributed by atoms with van der Waals surface area (Å²) < 4.78 is 26.5. The lowest BCUT2D eigenvalue weighted by Gasteiger charge is -2.15. The van der Waals surface area contributed by atoms with E-state index in [0.29, 0.717) is 17.7 Å². The Balaban J connectivity index is 2.78. The smallest absolute Gasteiger partial charge is 0.133 e. The first-order valence-corrected chi connectivity index (χ1v) is 6.13. The van der Waals surface area contributed by atoms with Gasteiger partial charge in [0.2, 0.25) is 0 Å². The fourth-order valence-electron chi connectivity index (χ4n) is 1.65. The van der Waals surface area contributed by atoms with E-state index in [4.69, 9.17) is 5.26 Å². The Bertz CT molecular complexity index is 387. The van der Waals surface area contributed by atoms with Crippen molar-refractivity contribution in [3.05, 3.63) is 35.4 Å². The maximum absolute atomic E-state index is 13.5. The van der Waals surface area contributed by atoms with E-state index >= 15 is 0 Å². The molecule has 1 aromatic rings. The van der Waals surface area contributed by atoms with Crippen molar-refractivity contribution in [3.63, 3.8) is 0 Å². The fraction of sp³-hybridized carbons (Fsp3) is 0.417. The molecule has 86 valence electrons. The first kappa shape index (κ1) is 13.0. The lowest BCUT2D eigenvalue weighted by atomic mass is 9.93. The topological polar surface area (TPSA) is 23.8 Å². The monoisotopic (exact) mass is 241 g/mol. The van der Waals surface area contributed by atoms with Crippen LogP contribution in [0, 0.1) is 22.3 Å². The van der Waals surface area contributed by atoms with Crippen molar-refractivity contribution in [2.45, 2.75) is 25.7 Å². The van der Waals surface area contributed by atoms with Crippen LogP contribution in [-0.4, -0.2) is 5.75 Å². The van der Waals surface area contributed by atoms with Gasteiger partial charge in [-0.2, -0.15) is 5.26 Å². The number of thiocyanates is 1. The van der Waals surface area contributed by atoms with Crippen LogP contribution in [-0.2, 0) is 0 Å². The summed E-state index contributed by atoms with van der Waals surface area (Å²) in [6.07, 6.45) is 1.43. The Morgan fingerprint density at radius 1 is 1.44 bits per heavy atom. The van der Waals surface area contributed by atoms with Crippen LogP contribution in [0.5, 0.6) is 0 Å². The van der Waals surface area contributed by atoms with Gasteiger partial charge < -0.3 is 0 Å². The number of hydrogen-bond donors (Lipinski definition) is 0. The molecule has 0 aliphatic carbocycles. The maximum atomic E-state index is 13.5. The molecule has 4 heteroatoms. The summed E-state index contributed by atoms with van der Waals surface area (Å²) >= 11 is 1.15. The highest BCUT2D eigenvalue weighted by atomic mass is 32.2. The number of hydrogen-bond acceptors (Lipinski definition) is 2. The molecular weight excluding hydrogens is 228 g/mol. The lowest BCUT2D eigenvalue weighted by molar-refractivity contribution is 0.545. The van der Waals surface area contributed by atoms with Crippen LogP contribution in [0.1, 0.15) is 31.2 Å². The van der Waals surface area contributed by atoms with Crippen molar-refractivity contribution in [1.29, 1.82) is 5.26 Å². The SMILES string of the molecule is CCC(CCSC#N)c1cc(F)ccc1F. The second kappa shape index (κ2) is 6.49. The average molecular weight is 241 g/mol. The molecular formula is C12H13F2NS. The van der Waals surface area contributed by atoms with Crippen molar-refractivity contribution in [2.75, 3.05) is 5.75 Å². The molecule has 1 aromatic carbocycles. The van der Waals surface area contributed by atoms with E-state index in [1.54, 1.807) is 0 Å². The minimum Gasteiger partial charge on any atom is -0.207 e. The van der Waals surface area contributed by atoms with Gasteiger partial charge in [-0.3, -0.25) is 0 Å². The van der Waals surface area contributed by atoms with Crippen LogP contribution in [0.2, 0.25) is 0 Å². The van der Waals surface area contributed by atoms with Gasteiger partial charge in [0.1, 0.15) is 17.0 Å². The highest BCUT2D eigenvalue weighted by Gasteiger charge is 2.14. The van der Waals surface area contributed by atoms with E-state index in [1.807, 2.05) is 12.3 Å². The molecule has 1 nitrogen and oxygen atoms in total. The van der Waals surface area contributed by atoms with Crippen molar-refractivity contribution in [1.82, 2.24) is 0 Å². The Kier molecular flexibility index (Phi) is 5.27. The van der Waals surface area contributed by atoms with E-state index in [1.165, 1.54) is 6.07 Å². The predicted octanol–water partition coefficient (Wildman–Crippen LogP) is 4.06. The molecule has 1 atom stereocenters. The van der Waals surface area contributed by atoms with Gasteiger partial charge in [-0.05, 0) is 54.3 Å². The van der Waals surface area contributed by atoms with Crippen LogP contribution in [0.4, 0.5) is 8.78 Å². The third-order valence-electron chi connectivity index (χ3n) is 2.52. The zero-order chi connectivity index (χ0) is 12.0. The maximum Gasteiger partial charge on any atom is 0.133 e. The molecule has 0 fully saturated rings. The van der Waals surface area contributed by atoms with Crippen molar-refractivity contribution >= 4 is 11.8 Å². The van der Waals surface area contributed by atoms with Gasteiger partial charge in [0.25, 0.3) is 0 Å². The second-order valence-corrected chi connectivity index (χ2v) is 4.38. The molecule has 0 bridgehead atoms. The Morgan fingerprint density at radius 2 is 2.19 bits per heavy atom. The molecule has 0 radical (unpaired) electrons. The quantitative estimate of drug-likeness (QED) is 0.573. The van der Waals surface area contributed by atoms with E-state index in [9.17, 15) is 8.78 Å². The zero-order valence-corrected chi connectivity index (χ0v) is 9.86. The van der Waals surface area contributed by atoms with Gasteiger partial charge in [0.15, 0.2) is 0 Å². The number of rotatable bonds is 5. The normalized spacial score (nSPS) is 12.1. The number of thioether (sulfide) groups is 1. The molecule has 0 aliphatic rings. The van der Waals surface area contributed by atoms with Crippen molar-refractivity contribution < 1.29 is 8.78 Å². The first-order valence-electron chi connectivity index (χ1n) is 5.14. The minimum absolute atomic E-state index is 0.0171. The van der Waals surface area contributed by atoms with E-state index in [2.05, 4.69) is 0 Å². The van der Waals surface area contributed by atoms with Crippen LogP contribution in [0.25, 0.3) is 0 Å². The molecule has 0 saturated carbocycles. The molecule has 0 saturated heterocycles. The molecule has 0 aromatic heterocycles. The summed E-state index contributed by atoms with van der Waals surface area (Å²) in [4.78, 5) is 0. The summed E-state index contributed by atoms with van der Waals surface area (Å²) in [5.41, 5.74) is 0.418. The second-order valence-electron chi connectivity index (χ2n) is 3.50. The standard InChI is InChI=1S/C12H13F2NS/c1-2-9(5-6-16-8-15)11-7-10(13)3-4-12(11)14/h3-4,7,9H,2,5-6H2,1H3. The van der Waals surface area contributed by atoms with Crippen molar-refractivity contribution in [2.24, 2.45) is 0 Å². The molecule has 0 N–H and O–H groups in total. The third kappa shape index (κ3) is 3.49. The molecule has 0 heterocycles. The average Bonchev–Trinajstić information content (AvgIpc) is 2.28. The number of nitrogens with zero attached hydrogens (tertiary/aromatic N) is 1. The summed E-state index contributed by atoms with van der Waals surface area (Å²) in [6, 6.07) is 3.53. The summed E-state index contributed by atoms with van der Waals surface area (Å²) in [6.45, 7) is 1.94. The molecule has 0 amide bonds. The van der Waals surface area contributed by atoms with Crippen LogP contribution in [0.15, 0.2) is 18.2 Å². The van der Waals surface area contributed by atoms with Gasteiger partial charge in [-0.1, -0.05) is 6.92 Å². The summed E-state index contributed by atoms with van der Waals surface area (Å²) in [5, 5.41) is 10.4. The summed E-state index contributed by atoms with van der Waals surface area (Å²) in [5.74, 6) is -0.153. The predicted molar refractivity (Wildman–Crippen MR) is 62.1 cm³/mol. The Hall–Kier alpha value is -1.08. The number of halogens is 2. The van der Waals surface area contributed by atoms with E-state index in [-0.39, 0.29) is 11.7 Å². The van der Waals surface area contributed by atoms with E-state index < -0.39 is 5.82 Å². The van der Waals surface area contributed by atoms with Gasteiger partial charge in [0, 0.05) is 5.75 Å². The van der Waals surface area contributed by atoms with Crippen LogP contribution < -0.4 is 0 Å². The minimum atomic E-state index is -0.414. The first-order chi connectivity index (χ1) is 7.69. The summed E-state index contributed by atoms with van der Waals surface area (Å²) in [7, 11) is 0. The number of nitriles is 1. The van der Waals surface area contributed by atoms with Crippen LogP contribution >= 0.6 is 11.8 Å². The fourth-order valence-corrected chi connectivity index (χ4v) is 2.15. The largest absolute Gasteiger partial charge is 0.207 e. The Morgan fingerprint density at radius 3 is 2.81 bits per heavy atom. The molecule has 1 rings (SSSR count). The van der Waals surface area contributed by atoms with Crippen molar-refractivity contribution in [3.8, 4) is 5.40 Å².